The summed E-state index contributed by atoms with van der Waals surface area (Å²) >= 11 is 0. The Morgan fingerprint density at radius 3 is 2.88 bits per heavy atom. The predicted molar refractivity (Wildman–Crippen MR) is 88.9 cm³/mol. The number of hydrogen-bond acceptors (Lipinski definition) is 6. The van der Waals surface area contributed by atoms with Crippen LogP contribution < -0.4 is 11.1 Å². The minimum Gasteiger partial charge on any atom is -0.408 e. The maximum atomic E-state index is 12.1. The molecule has 2 heterocycles. The van der Waals surface area contributed by atoms with E-state index in [1.54, 1.807) is 30.4 Å². The maximum Gasteiger partial charge on any atom is 0.419 e. The number of nitrogens with zero attached hydrogens (tertiary/aromatic N) is 1. The second-order valence-electron chi connectivity index (χ2n) is 5.61. The molecule has 1 aliphatic heterocycles. The molecule has 0 aliphatic carbocycles. The number of nitrogens with one attached hydrogen (secondary N) is 1. The number of aromatic nitrogens is 1. The first-order valence-corrected chi connectivity index (χ1v) is 7.87. The van der Waals surface area contributed by atoms with Gasteiger partial charge in [0.05, 0.1) is 12.1 Å². The van der Waals surface area contributed by atoms with Crippen molar-refractivity contribution < 1.29 is 23.4 Å². The molecule has 0 spiro atoms. The number of aryl methyl sites for hydroxylation is 1. The molecule has 8 heteroatoms. The van der Waals surface area contributed by atoms with E-state index in [4.69, 9.17) is 18.6 Å². The van der Waals surface area contributed by atoms with E-state index in [0.29, 0.717) is 11.1 Å². The van der Waals surface area contributed by atoms with Crippen molar-refractivity contribution >= 4 is 17.0 Å². The molecule has 0 fully saturated rings. The molecule has 8 nitrogen and oxygen atoms in total. The van der Waals surface area contributed by atoms with Crippen molar-refractivity contribution in [1.82, 2.24) is 9.88 Å². The van der Waals surface area contributed by atoms with Gasteiger partial charge in [-0.15, -0.1) is 0 Å². The van der Waals surface area contributed by atoms with Gasteiger partial charge in [0, 0.05) is 27.2 Å². The average molecular weight is 348 g/mol. The van der Waals surface area contributed by atoms with Crippen LogP contribution in [0.3, 0.4) is 0 Å². The van der Waals surface area contributed by atoms with E-state index in [1.165, 1.54) is 18.8 Å². The molecule has 1 aromatic heterocycles. The van der Waals surface area contributed by atoms with Crippen molar-refractivity contribution in [2.24, 2.45) is 0 Å². The molecule has 1 aliphatic rings. The Morgan fingerprint density at radius 1 is 1.36 bits per heavy atom. The zero-order chi connectivity index (χ0) is 17.9. The first-order valence-electron chi connectivity index (χ1n) is 7.87. The van der Waals surface area contributed by atoms with Gasteiger partial charge in [-0.25, -0.2) is 4.79 Å². The summed E-state index contributed by atoms with van der Waals surface area (Å²) in [5.41, 5.74) is 1.17. The SMILES string of the molecule is CO[C@H]1C=C[C@](CNC(=O)CCn2c(=O)oc3ccccc32)(OC)O1. The lowest BCUT2D eigenvalue weighted by atomic mass is 10.2. The van der Waals surface area contributed by atoms with E-state index in [1.807, 2.05) is 6.07 Å². The minimum absolute atomic E-state index is 0.126. The molecule has 3 rings (SSSR count). The number of methoxy groups -OCH3 is 2. The molecule has 25 heavy (non-hydrogen) atoms. The number of fused-ring (bicyclic) bond motifs is 1. The van der Waals surface area contributed by atoms with Crippen molar-refractivity contribution in [2.75, 3.05) is 20.8 Å². The number of carbonyl (C=O) groups excluding carboxylic acids is 1. The van der Waals surface area contributed by atoms with Gasteiger partial charge in [0.15, 0.2) is 11.9 Å². The highest BCUT2D eigenvalue weighted by atomic mass is 16.8. The number of amides is 1. The highest BCUT2D eigenvalue weighted by Gasteiger charge is 2.36. The number of oxazole rings is 1. The Morgan fingerprint density at radius 2 is 2.16 bits per heavy atom. The highest BCUT2D eigenvalue weighted by Crippen LogP contribution is 2.24. The van der Waals surface area contributed by atoms with Gasteiger partial charge in [-0.1, -0.05) is 12.1 Å². The van der Waals surface area contributed by atoms with Crippen LogP contribution in [0, 0.1) is 0 Å². The third-order valence-corrected chi connectivity index (χ3v) is 4.07. The molecular weight excluding hydrogens is 328 g/mol. The molecule has 0 saturated carbocycles. The molecule has 0 saturated heterocycles. The lowest BCUT2D eigenvalue weighted by Gasteiger charge is -2.27. The van der Waals surface area contributed by atoms with E-state index in [-0.39, 0.29) is 25.4 Å². The van der Waals surface area contributed by atoms with Crippen LogP contribution in [0.25, 0.3) is 11.1 Å². The number of ether oxygens (including phenoxy) is 3. The zero-order valence-electron chi connectivity index (χ0n) is 14.1. The van der Waals surface area contributed by atoms with E-state index in [0.717, 1.165) is 0 Å². The molecule has 1 amide bonds. The van der Waals surface area contributed by atoms with Crippen molar-refractivity contribution in [3.63, 3.8) is 0 Å². The van der Waals surface area contributed by atoms with Crippen LogP contribution in [0.5, 0.6) is 0 Å². The normalized spacial score (nSPS) is 22.6. The molecular formula is C17H20N2O6. The molecule has 0 radical (unpaired) electrons. The second kappa shape index (κ2) is 7.22. The summed E-state index contributed by atoms with van der Waals surface area (Å²) in [6.45, 7) is 0.360. The summed E-state index contributed by atoms with van der Waals surface area (Å²) in [4.78, 5) is 24.0. The molecule has 1 N–H and O–H groups in total. The number of hydrogen-bond donors (Lipinski definition) is 1. The van der Waals surface area contributed by atoms with Gasteiger partial charge in [-0.2, -0.15) is 0 Å². The Balaban J connectivity index is 1.57. The minimum atomic E-state index is -1.05. The summed E-state index contributed by atoms with van der Waals surface area (Å²) < 4.78 is 22.6. The van der Waals surface area contributed by atoms with E-state index >= 15 is 0 Å². The number of para-hydroxylation sites is 2. The molecule has 2 atom stereocenters. The Kier molecular flexibility index (Phi) is 5.03. The Labute approximate surface area is 144 Å². The monoisotopic (exact) mass is 348 g/mol. The predicted octanol–water partition coefficient (Wildman–Crippen LogP) is 1.00. The number of benzene rings is 1. The van der Waals surface area contributed by atoms with Crippen LogP contribution in [0.4, 0.5) is 0 Å². The smallest absolute Gasteiger partial charge is 0.408 e. The standard InChI is InChI=1S/C17H20N2O6/c1-22-15-7-9-17(23-2,25-15)11-18-14(20)8-10-19-12-5-3-4-6-13(12)24-16(19)21/h3-7,9,15H,8,10-11H2,1-2H3,(H,18,20)/t15-,17+/m1/s1. The van der Waals surface area contributed by atoms with Crippen LogP contribution in [-0.2, 0) is 25.5 Å². The molecule has 2 aromatic rings. The van der Waals surface area contributed by atoms with E-state index < -0.39 is 17.8 Å². The zero-order valence-corrected chi connectivity index (χ0v) is 14.1. The third kappa shape index (κ3) is 3.65. The summed E-state index contributed by atoms with van der Waals surface area (Å²) in [7, 11) is 3.01. The lowest BCUT2D eigenvalue weighted by Crippen LogP contribution is -2.44. The molecule has 0 unspecified atom stereocenters. The number of rotatable bonds is 7. The van der Waals surface area contributed by atoms with Crippen LogP contribution in [0.2, 0.25) is 0 Å². The van der Waals surface area contributed by atoms with Gasteiger partial charge in [0.2, 0.25) is 11.7 Å². The van der Waals surface area contributed by atoms with Gasteiger partial charge in [-0.3, -0.25) is 9.36 Å². The lowest BCUT2D eigenvalue weighted by molar-refractivity contribution is -0.239. The summed E-state index contributed by atoms with van der Waals surface area (Å²) in [6, 6.07) is 7.09. The molecule has 1 aromatic carbocycles. The van der Waals surface area contributed by atoms with Gasteiger partial charge in [0.25, 0.3) is 0 Å². The maximum absolute atomic E-state index is 12.1. The summed E-state index contributed by atoms with van der Waals surface area (Å²) in [6.07, 6.45) is 3.04. The van der Waals surface area contributed by atoms with Crippen LogP contribution in [0.15, 0.2) is 45.6 Å². The van der Waals surface area contributed by atoms with E-state index in [9.17, 15) is 9.59 Å². The Bertz CT molecular complexity index is 839. The summed E-state index contributed by atoms with van der Waals surface area (Å²) in [5, 5.41) is 2.75. The fourth-order valence-electron chi connectivity index (χ4n) is 2.67. The van der Waals surface area contributed by atoms with Crippen LogP contribution in [-0.4, -0.2) is 43.3 Å². The topological polar surface area (TPSA) is 91.9 Å². The fraction of sp³-hybridized carbons (Fsp3) is 0.412. The van der Waals surface area contributed by atoms with Crippen molar-refractivity contribution in [1.29, 1.82) is 0 Å². The van der Waals surface area contributed by atoms with Crippen molar-refractivity contribution in [3.05, 3.63) is 47.0 Å². The third-order valence-electron chi connectivity index (χ3n) is 4.07. The van der Waals surface area contributed by atoms with Crippen LogP contribution in [0.1, 0.15) is 6.42 Å². The van der Waals surface area contributed by atoms with Gasteiger partial charge < -0.3 is 23.9 Å². The van der Waals surface area contributed by atoms with Crippen molar-refractivity contribution in [2.45, 2.75) is 25.0 Å². The first-order chi connectivity index (χ1) is 12.1. The molecule has 134 valence electrons. The highest BCUT2D eigenvalue weighted by molar-refractivity contribution is 5.76. The fourth-order valence-corrected chi connectivity index (χ4v) is 2.67. The molecule has 0 bridgehead atoms. The van der Waals surface area contributed by atoms with Gasteiger partial charge >= 0.3 is 5.76 Å². The summed E-state index contributed by atoms with van der Waals surface area (Å²) in [5.74, 6) is -1.76. The van der Waals surface area contributed by atoms with Crippen LogP contribution >= 0.6 is 0 Å². The number of carbonyl (C=O) groups is 1. The van der Waals surface area contributed by atoms with Gasteiger partial charge in [-0.05, 0) is 24.3 Å². The van der Waals surface area contributed by atoms with Gasteiger partial charge in [0.1, 0.15) is 0 Å². The average Bonchev–Trinajstić information content (AvgIpc) is 3.19. The first kappa shape index (κ1) is 17.4. The van der Waals surface area contributed by atoms with Crippen molar-refractivity contribution in [3.8, 4) is 0 Å². The quantitative estimate of drug-likeness (QED) is 0.751. The largest absolute Gasteiger partial charge is 0.419 e. The van der Waals surface area contributed by atoms with E-state index in [2.05, 4.69) is 5.32 Å². The Hall–Kier alpha value is -2.42. The second-order valence-corrected chi connectivity index (χ2v) is 5.61.